The quantitative estimate of drug-likeness (QED) is 0.844. The summed E-state index contributed by atoms with van der Waals surface area (Å²) in [5.74, 6) is 1.89. The van der Waals surface area contributed by atoms with Crippen molar-refractivity contribution >= 4 is 0 Å². The number of fused-ring (bicyclic) bond motifs is 1. The van der Waals surface area contributed by atoms with Gasteiger partial charge in [-0.3, -0.25) is 0 Å². The molecule has 16 heavy (non-hydrogen) atoms. The minimum absolute atomic E-state index is 0.282. The normalized spacial score (nSPS) is 18.1. The standard InChI is InChI=1S/C13H19NO2/c1-9-6-11-7-10(4-3-5-14)12(15-2)8-13(11)16-9/h7-9H,3-6,14H2,1-2H3. The monoisotopic (exact) mass is 221 g/mol. The topological polar surface area (TPSA) is 44.5 Å². The molecule has 0 fully saturated rings. The summed E-state index contributed by atoms with van der Waals surface area (Å²) in [7, 11) is 1.70. The highest BCUT2D eigenvalue weighted by molar-refractivity contribution is 5.48. The number of hydrogen-bond donors (Lipinski definition) is 1. The van der Waals surface area contributed by atoms with Gasteiger partial charge in [0.25, 0.3) is 0 Å². The van der Waals surface area contributed by atoms with Crippen molar-refractivity contribution in [1.82, 2.24) is 0 Å². The first-order chi connectivity index (χ1) is 7.74. The minimum atomic E-state index is 0.282. The van der Waals surface area contributed by atoms with Crippen LogP contribution in [-0.4, -0.2) is 19.8 Å². The molecule has 2 rings (SSSR count). The maximum Gasteiger partial charge on any atom is 0.126 e. The van der Waals surface area contributed by atoms with E-state index in [0.29, 0.717) is 6.54 Å². The van der Waals surface area contributed by atoms with Crippen LogP contribution in [0.2, 0.25) is 0 Å². The van der Waals surface area contributed by atoms with Gasteiger partial charge in [-0.25, -0.2) is 0 Å². The molecule has 1 atom stereocenters. The lowest BCUT2D eigenvalue weighted by molar-refractivity contribution is 0.253. The Morgan fingerprint density at radius 3 is 3.00 bits per heavy atom. The molecule has 0 amide bonds. The van der Waals surface area contributed by atoms with Crippen LogP contribution in [0.15, 0.2) is 12.1 Å². The van der Waals surface area contributed by atoms with E-state index in [1.807, 2.05) is 6.07 Å². The van der Waals surface area contributed by atoms with Gasteiger partial charge in [0.15, 0.2) is 0 Å². The average molecular weight is 221 g/mol. The van der Waals surface area contributed by atoms with E-state index in [1.165, 1.54) is 11.1 Å². The Bertz CT molecular complexity index is 376. The molecule has 1 aromatic carbocycles. The molecule has 0 bridgehead atoms. The number of benzene rings is 1. The molecule has 0 radical (unpaired) electrons. The van der Waals surface area contributed by atoms with Crippen molar-refractivity contribution < 1.29 is 9.47 Å². The molecule has 0 spiro atoms. The van der Waals surface area contributed by atoms with E-state index < -0.39 is 0 Å². The van der Waals surface area contributed by atoms with Crippen LogP contribution in [0.4, 0.5) is 0 Å². The lowest BCUT2D eigenvalue weighted by atomic mass is 10.0. The largest absolute Gasteiger partial charge is 0.496 e. The van der Waals surface area contributed by atoms with Crippen molar-refractivity contribution in [2.75, 3.05) is 13.7 Å². The molecule has 88 valence electrons. The van der Waals surface area contributed by atoms with Crippen molar-refractivity contribution in [3.8, 4) is 11.5 Å². The van der Waals surface area contributed by atoms with Crippen LogP contribution in [0, 0.1) is 0 Å². The highest BCUT2D eigenvalue weighted by atomic mass is 16.5. The predicted octanol–water partition coefficient (Wildman–Crippen LogP) is 1.91. The number of aryl methyl sites for hydroxylation is 1. The van der Waals surface area contributed by atoms with Crippen molar-refractivity contribution in [2.24, 2.45) is 5.73 Å². The summed E-state index contributed by atoms with van der Waals surface area (Å²) in [5, 5.41) is 0. The lowest BCUT2D eigenvalue weighted by Crippen LogP contribution is -2.05. The molecule has 0 aliphatic carbocycles. The zero-order valence-electron chi connectivity index (χ0n) is 9.95. The molecule has 1 heterocycles. The zero-order chi connectivity index (χ0) is 11.5. The van der Waals surface area contributed by atoms with Gasteiger partial charge in [0.05, 0.1) is 7.11 Å². The van der Waals surface area contributed by atoms with E-state index in [2.05, 4.69) is 13.0 Å². The Kier molecular flexibility index (Phi) is 3.34. The Balaban J connectivity index is 2.27. The Hall–Kier alpha value is -1.22. The highest BCUT2D eigenvalue weighted by Gasteiger charge is 2.21. The number of hydrogen-bond acceptors (Lipinski definition) is 3. The highest BCUT2D eigenvalue weighted by Crippen LogP contribution is 2.35. The van der Waals surface area contributed by atoms with E-state index >= 15 is 0 Å². The fraction of sp³-hybridized carbons (Fsp3) is 0.538. The summed E-state index contributed by atoms with van der Waals surface area (Å²) in [6.07, 6.45) is 3.24. The van der Waals surface area contributed by atoms with Gasteiger partial charge in [-0.05, 0) is 43.5 Å². The van der Waals surface area contributed by atoms with Crippen LogP contribution in [0.25, 0.3) is 0 Å². The smallest absolute Gasteiger partial charge is 0.126 e. The molecule has 1 aliphatic heterocycles. The fourth-order valence-electron chi connectivity index (χ4n) is 2.17. The van der Waals surface area contributed by atoms with Crippen LogP contribution in [0.5, 0.6) is 11.5 Å². The number of ether oxygens (including phenoxy) is 2. The van der Waals surface area contributed by atoms with Crippen LogP contribution >= 0.6 is 0 Å². The lowest BCUT2D eigenvalue weighted by Gasteiger charge is -2.10. The van der Waals surface area contributed by atoms with Gasteiger partial charge >= 0.3 is 0 Å². The van der Waals surface area contributed by atoms with Crippen molar-refractivity contribution in [3.05, 3.63) is 23.3 Å². The summed E-state index contributed by atoms with van der Waals surface area (Å²) >= 11 is 0. The Morgan fingerprint density at radius 1 is 1.50 bits per heavy atom. The van der Waals surface area contributed by atoms with Gasteiger partial charge < -0.3 is 15.2 Å². The SMILES string of the molecule is COc1cc2c(cc1CCCN)CC(C)O2. The maximum atomic E-state index is 5.70. The second-order valence-electron chi connectivity index (χ2n) is 4.30. The van der Waals surface area contributed by atoms with Crippen LogP contribution in [-0.2, 0) is 12.8 Å². The summed E-state index contributed by atoms with van der Waals surface area (Å²) < 4.78 is 11.1. The molecule has 0 saturated heterocycles. The Morgan fingerprint density at radius 2 is 2.31 bits per heavy atom. The fourth-order valence-corrected chi connectivity index (χ4v) is 2.17. The molecule has 3 nitrogen and oxygen atoms in total. The minimum Gasteiger partial charge on any atom is -0.496 e. The summed E-state index contributed by atoms with van der Waals surface area (Å²) in [6.45, 7) is 2.80. The average Bonchev–Trinajstić information content (AvgIpc) is 2.63. The third-order valence-corrected chi connectivity index (χ3v) is 2.95. The number of nitrogens with two attached hydrogens (primary N) is 1. The summed E-state index contributed by atoms with van der Waals surface area (Å²) in [5.41, 5.74) is 8.07. The molecule has 0 saturated carbocycles. The van der Waals surface area contributed by atoms with Gasteiger partial charge in [0.2, 0.25) is 0 Å². The summed E-state index contributed by atoms with van der Waals surface area (Å²) in [6, 6.07) is 4.21. The first-order valence-corrected chi connectivity index (χ1v) is 5.81. The molecule has 0 aromatic heterocycles. The van der Waals surface area contributed by atoms with Gasteiger partial charge in [0.1, 0.15) is 17.6 Å². The predicted molar refractivity (Wildman–Crippen MR) is 64.2 cm³/mol. The molecule has 2 N–H and O–H groups in total. The van der Waals surface area contributed by atoms with Gasteiger partial charge in [-0.15, -0.1) is 0 Å². The van der Waals surface area contributed by atoms with Gasteiger partial charge in [-0.2, -0.15) is 0 Å². The molecule has 1 aliphatic rings. The van der Waals surface area contributed by atoms with Gasteiger partial charge in [0, 0.05) is 12.5 Å². The van der Waals surface area contributed by atoms with Crippen LogP contribution in [0.1, 0.15) is 24.5 Å². The number of rotatable bonds is 4. The Labute approximate surface area is 96.5 Å². The molecular formula is C13H19NO2. The van der Waals surface area contributed by atoms with Crippen molar-refractivity contribution in [1.29, 1.82) is 0 Å². The number of methoxy groups -OCH3 is 1. The van der Waals surface area contributed by atoms with E-state index in [-0.39, 0.29) is 6.10 Å². The van der Waals surface area contributed by atoms with E-state index in [0.717, 1.165) is 30.8 Å². The first-order valence-electron chi connectivity index (χ1n) is 5.81. The van der Waals surface area contributed by atoms with Crippen molar-refractivity contribution in [3.63, 3.8) is 0 Å². The van der Waals surface area contributed by atoms with Crippen LogP contribution < -0.4 is 15.2 Å². The van der Waals surface area contributed by atoms with E-state index in [1.54, 1.807) is 7.11 Å². The van der Waals surface area contributed by atoms with Crippen molar-refractivity contribution in [2.45, 2.75) is 32.3 Å². The maximum absolute atomic E-state index is 5.70. The second-order valence-corrected chi connectivity index (χ2v) is 4.30. The second kappa shape index (κ2) is 4.74. The van der Waals surface area contributed by atoms with E-state index in [4.69, 9.17) is 15.2 Å². The zero-order valence-corrected chi connectivity index (χ0v) is 9.95. The van der Waals surface area contributed by atoms with E-state index in [9.17, 15) is 0 Å². The molecule has 3 heteroatoms. The first kappa shape index (κ1) is 11.3. The van der Waals surface area contributed by atoms with Gasteiger partial charge in [-0.1, -0.05) is 0 Å². The molecular weight excluding hydrogens is 202 g/mol. The third kappa shape index (κ3) is 2.14. The summed E-state index contributed by atoms with van der Waals surface area (Å²) in [4.78, 5) is 0. The molecule has 1 aromatic rings. The third-order valence-electron chi connectivity index (χ3n) is 2.95. The van der Waals surface area contributed by atoms with Crippen LogP contribution in [0.3, 0.4) is 0 Å². The molecule has 1 unspecified atom stereocenters.